The monoisotopic (exact) mass is 314 g/mol. The summed E-state index contributed by atoms with van der Waals surface area (Å²) < 4.78 is 2.12. The van der Waals surface area contributed by atoms with E-state index in [1.807, 2.05) is 19.1 Å². The highest BCUT2D eigenvalue weighted by Gasteiger charge is 2.30. The van der Waals surface area contributed by atoms with Crippen molar-refractivity contribution >= 4 is 17.7 Å². The van der Waals surface area contributed by atoms with Crippen LogP contribution in [0.5, 0.6) is 0 Å². The average Bonchev–Trinajstić information content (AvgIpc) is 3.11. The van der Waals surface area contributed by atoms with Crippen molar-refractivity contribution in [1.29, 1.82) is 0 Å². The number of fused-ring (bicyclic) bond motifs is 2. The quantitative estimate of drug-likeness (QED) is 0.917. The summed E-state index contributed by atoms with van der Waals surface area (Å²) in [6.45, 7) is 2.74. The van der Waals surface area contributed by atoms with Gasteiger partial charge in [-0.3, -0.25) is 4.79 Å². The van der Waals surface area contributed by atoms with Crippen LogP contribution in [0.15, 0.2) is 29.2 Å². The minimum absolute atomic E-state index is 0.000746. The van der Waals surface area contributed by atoms with Gasteiger partial charge in [-0.05, 0) is 31.4 Å². The molecule has 0 bridgehead atoms. The molecule has 1 aromatic heterocycles. The number of carbonyl (C=O) groups is 1. The molecule has 22 heavy (non-hydrogen) atoms. The number of hydrogen-bond acceptors (Lipinski definition) is 4. The predicted molar refractivity (Wildman–Crippen MR) is 84.8 cm³/mol. The molecule has 0 saturated heterocycles. The smallest absolute Gasteiger partial charge is 0.234 e. The van der Waals surface area contributed by atoms with Gasteiger partial charge < -0.3 is 9.88 Å². The van der Waals surface area contributed by atoms with Gasteiger partial charge in [0.05, 0.1) is 5.25 Å². The lowest BCUT2D eigenvalue weighted by molar-refractivity contribution is -0.121. The summed E-state index contributed by atoms with van der Waals surface area (Å²) in [5, 5.41) is 11.5. The van der Waals surface area contributed by atoms with E-state index in [4.69, 9.17) is 0 Å². The van der Waals surface area contributed by atoms with E-state index in [2.05, 4.69) is 32.2 Å². The van der Waals surface area contributed by atoms with Crippen molar-refractivity contribution in [2.45, 2.75) is 48.9 Å². The fraction of sp³-hybridized carbons (Fsp3) is 0.438. The number of rotatable bonds is 2. The largest absolute Gasteiger partial charge is 0.351 e. The van der Waals surface area contributed by atoms with Gasteiger partial charge in [0.25, 0.3) is 0 Å². The van der Waals surface area contributed by atoms with E-state index < -0.39 is 0 Å². The zero-order chi connectivity index (χ0) is 15.1. The van der Waals surface area contributed by atoms with Crippen molar-refractivity contribution in [3.63, 3.8) is 0 Å². The summed E-state index contributed by atoms with van der Waals surface area (Å²) in [5.41, 5.74) is 1.29. The molecule has 2 aliphatic heterocycles. The molecule has 1 aromatic carbocycles. The number of nitrogens with one attached hydrogen (secondary N) is 1. The molecule has 2 aromatic rings. The summed E-state index contributed by atoms with van der Waals surface area (Å²) >= 11 is 1.68. The van der Waals surface area contributed by atoms with E-state index in [0.717, 1.165) is 37.5 Å². The summed E-state index contributed by atoms with van der Waals surface area (Å²) in [6, 6.07) is 8.46. The van der Waals surface area contributed by atoms with Gasteiger partial charge in [-0.1, -0.05) is 18.2 Å². The zero-order valence-electron chi connectivity index (χ0n) is 12.5. The Morgan fingerprint density at radius 3 is 3.09 bits per heavy atom. The van der Waals surface area contributed by atoms with Crippen LogP contribution in [0.25, 0.3) is 0 Å². The lowest BCUT2D eigenvalue weighted by atomic mass is 10.1. The summed E-state index contributed by atoms with van der Waals surface area (Å²) in [7, 11) is 0. The molecule has 0 saturated carbocycles. The molecule has 2 atom stereocenters. The molecule has 0 unspecified atom stereocenters. The average molecular weight is 314 g/mol. The highest BCUT2D eigenvalue weighted by molar-refractivity contribution is 8.01. The van der Waals surface area contributed by atoms with Gasteiger partial charge in [0.2, 0.25) is 5.91 Å². The molecule has 0 aliphatic carbocycles. The lowest BCUT2D eigenvalue weighted by Crippen LogP contribution is -2.44. The van der Waals surface area contributed by atoms with E-state index in [0.29, 0.717) is 0 Å². The molecule has 1 amide bonds. The SMILES string of the molecule is Cc1nnc2n1C[C@H](NC(=O)[C@H]1Cc3ccccc3S1)CC2. The highest BCUT2D eigenvalue weighted by atomic mass is 32.2. The first-order valence-electron chi connectivity index (χ1n) is 7.64. The van der Waals surface area contributed by atoms with E-state index in [9.17, 15) is 4.79 Å². The van der Waals surface area contributed by atoms with E-state index in [-0.39, 0.29) is 17.2 Å². The first-order valence-corrected chi connectivity index (χ1v) is 8.52. The number of thioether (sulfide) groups is 1. The minimum Gasteiger partial charge on any atom is -0.351 e. The topological polar surface area (TPSA) is 59.8 Å². The van der Waals surface area contributed by atoms with Crippen LogP contribution in [0.3, 0.4) is 0 Å². The zero-order valence-corrected chi connectivity index (χ0v) is 13.3. The van der Waals surface area contributed by atoms with Gasteiger partial charge in [-0.2, -0.15) is 0 Å². The Balaban J connectivity index is 1.41. The number of hydrogen-bond donors (Lipinski definition) is 1. The lowest BCUT2D eigenvalue weighted by Gasteiger charge is -2.26. The van der Waals surface area contributed by atoms with Crippen LogP contribution in [0.2, 0.25) is 0 Å². The van der Waals surface area contributed by atoms with Crippen molar-refractivity contribution in [3.8, 4) is 0 Å². The molecular weight excluding hydrogens is 296 g/mol. The van der Waals surface area contributed by atoms with Gasteiger partial charge in [-0.15, -0.1) is 22.0 Å². The number of carbonyl (C=O) groups excluding carboxylic acids is 1. The predicted octanol–water partition coefficient (Wildman–Crippen LogP) is 1.73. The Morgan fingerprint density at radius 1 is 1.36 bits per heavy atom. The number of amides is 1. The molecule has 0 fully saturated rings. The second-order valence-corrected chi connectivity index (χ2v) is 7.18. The van der Waals surface area contributed by atoms with E-state index in [1.165, 1.54) is 10.5 Å². The van der Waals surface area contributed by atoms with Gasteiger partial charge in [0.15, 0.2) is 0 Å². The Bertz CT molecular complexity index is 702. The number of benzene rings is 1. The maximum Gasteiger partial charge on any atom is 0.234 e. The van der Waals surface area contributed by atoms with Crippen molar-refractivity contribution < 1.29 is 4.79 Å². The summed E-state index contributed by atoms with van der Waals surface area (Å²) in [5.74, 6) is 2.11. The van der Waals surface area contributed by atoms with Crippen LogP contribution >= 0.6 is 11.8 Å². The van der Waals surface area contributed by atoms with Crippen LogP contribution in [0.1, 0.15) is 23.6 Å². The Labute approximate surface area is 133 Å². The van der Waals surface area contributed by atoms with Crippen molar-refractivity contribution in [2.24, 2.45) is 0 Å². The molecule has 1 N–H and O–H groups in total. The molecular formula is C16H18N4OS. The summed E-state index contributed by atoms with van der Waals surface area (Å²) in [6.07, 6.45) is 2.65. The molecule has 0 spiro atoms. The maximum atomic E-state index is 12.5. The van der Waals surface area contributed by atoms with E-state index in [1.54, 1.807) is 11.8 Å². The fourth-order valence-electron chi connectivity index (χ4n) is 3.20. The highest BCUT2D eigenvalue weighted by Crippen LogP contribution is 2.36. The molecule has 5 nitrogen and oxygen atoms in total. The number of nitrogens with zero attached hydrogens (tertiary/aromatic N) is 3. The van der Waals surface area contributed by atoms with Crippen molar-refractivity contribution in [2.75, 3.05) is 0 Å². The maximum absolute atomic E-state index is 12.5. The van der Waals surface area contributed by atoms with Gasteiger partial charge >= 0.3 is 0 Å². The second kappa shape index (κ2) is 5.43. The van der Waals surface area contributed by atoms with Crippen LogP contribution in [-0.4, -0.2) is 32.0 Å². The molecule has 114 valence electrons. The van der Waals surface area contributed by atoms with Gasteiger partial charge in [-0.25, -0.2) is 0 Å². The first kappa shape index (κ1) is 13.8. The fourth-order valence-corrected chi connectivity index (χ4v) is 4.41. The molecule has 3 heterocycles. The molecule has 0 radical (unpaired) electrons. The van der Waals surface area contributed by atoms with Gasteiger partial charge in [0, 0.05) is 23.9 Å². The molecule has 6 heteroatoms. The third kappa shape index (κ3) is 2.41. The van der Waals surface area contributed by atoms with Crippen LogP contribution in [0, 0.1) is 6.92 Å². The van der Waals surface area contributed by atoms with Crippen molar-refractivity contribution in [1.82, 2.24) is 20.1 Å². The normalized spacial score (nSPS) is 23.0. The third-order valence-corrected chi connectivity index (χ3v) is 5.74. The van der Waals surface area contributed by atoms with Gasteiger partial charge in [0.1, 0.15) is 11.6 Å². The second-order valence-electron chi connectivity index (χ2n) is 5.94. The first-order chi connectivity index (χ1) is 10.7. The summed E-state index contributed by atoms with van der Waals surface area (Å²) in [4.78, 5) is 13.8. The van der Waals surface area contributed by atoms with Crippen molar-refractivity contribution in [3.05, 3.63) is 41.5 Å². The number of aromatic nitrogens is 3. The van der Waals surface area contributed by atoms with E-state index >= 15 is 0 Å². The van der Waals surface area contributed by atoms with Crippen LogP contribution in [-0.2, 0) is 24.2 Å². The molecule has 2 aliphatic rings. The minimum atomic E-state index is 0.000746. The third-order valence-electron chi connectivity index (χ3n) is 4.42. The molecule has 4 rings (SSSR count). The Hall–Kier alpha value is -1.82. The van der Waals surface area contributed by atoms with Crippen LogP contribution < -0.4 is 5.32 Å². The van der Waals surface area contributed by atoms with Crippen LogP contribution in [0.4, 0.5) is 0 Å². The Kier molecular flexibility index (Phi) is 3.41. The Morgan fingerprint density at radius 2 is 2.23 bits per heavy atom. The standard InChI is InChI=1S/C16H18N4OS/c1-10-18-19-15-7-6-12(9-20(10)15)17-16(21)14-8-11-4-2-3-5-13(11)22-14/h2-5,12,14H,6-9H2,1H3,(H,17,21)/t12-,14-/m1/s1. The number of aryl methyl sites for hydroxylation is 2.